The highest BCUT2D eigenvalue weighted by Gasteiger charge is 2.17. The van der Waals surface area contributed by atoms with Crippen molar-refractivity contribution in [3.8, 4) is 34.2 Å². The van der Waals surface area contributed by atoms with Crippen LogP contribution in [0.5, 0.6) is 17.2 Å². The second kappa shape index (κ2) is 9.50. The first-order chi connectivity index (χ1) is 18.2. The van der Waals surface area contributed by atoms with E-state index in [4.69, 9.17) is 14.6 Å². The van der Waals surface area contributed by atoms with Gasteiger partial charge in [-0.1, -0.05) is 42.5 Å². The summed E-state index contributed by atoms with van der Waals surface area (Å²) in [6.45, 7) is 0.996. The standard InChI is InChI=1S/C29H22N4O4/c34-25-15-20-7-5-4-6-19(20)14-24(25)29(35)31-30-17-22-18-33(23-8-2-1-3-9-23)32-28(22)21-10-11-26-27(16-21)37-13-12-36-26/h1-11,14-18,34H,12-13H2,(H,31,35). The SMILES string of the molecule is O=C(NN=Cc1cn(-c2ccccc2)nc1-c1ccc2c(c1)OCCO2)c1cc2ccccc2cc1O. The Bertz CT molecular complexity index is 1640. The fourth-order valence-corrected chi connectivity index (χ4v) is 4.24. The van der Waals surface area contributed by atoms with Gasteiger partial charge in [-0.2, -0.15) is 10.2 Å². The van der Waals surface area contributed by atoms with Crippen molar-refractivity contribution < 1.29 is 19.4 Å². The first kappa shape index (κ1) is 22.4. The van der Waals surface area contributed by atoms with Gasteiger partial charge in [-0.05, 0) is 53.2 Å². The van der Waals surface area contributed by atoms with Gasteiger partial charge in [0.15, 0.2) is 11.5 Å². The predicted molar refractivity (Wildman–Crippen MR) is 141 cm³/mol. The minimum absolute atomic E-state index is 0.111. The van der Waals surface area contributed by atoms with Crippen LogP contribution in [0.15, 0.2) is 96.2 Å². The van der Waals surface area contributed by atoms with Crippen LogP contribution in [0.4, 0.5) is 0 Å². The highest BCUT2D eigenvalue weighted by molar-refractivity contribution is 6.02. The summed E-state index contributed by atoms with van der Waals surface area (Å²) in [5.41, 5.74) is 5.70. The zero-order chi connectivity index (χ0) is 25.2. The second-order valence-electron chi connectivity index (χ2n) is 8.49. The summed E-state index contributed by atoms with van der Waals surface area (Å²) in [7, 11) is 0. The molecule has 4 aromatic carbocycles. The maximum absolute atomic E-state index is 12.8. The Kier molecular flexibility index (Phi) is 5.74. The van der Waals surface area contributed by atoms with Gasteiger partial charge in [-0.15, -0.1) is 0 Å². The minimum atomic E-state index is -0.518. The number of hydrogen-bond donors (Lipinski definition) is 2. The summed E-state index contributed by atoms with van der Waals surface area (Å²) in [4.78, 5) is 12.8. The van der Waals surface area contributed by atoms with E-state index < -0.39 is 5.91 Å². The molecule has 0 atom stereocenters. The van der Waals surface area contributed by atoms with Crippen LogP contribution in [0.3, 0.4) is 0 Å². The van der Waals surface area contributed by atoms with Crippen LogP contribution in [0.2, 0.25) is 0 Å². The zero-order valence-electron chi connectivity index (χ0n) is 19.7. The number of carbonyl (C=O) groups is 1. The number of fused-ring (bicyclic) bond motifs is 2. The first-order valence-corrected chi connectivity index (χ1v) is 11.8. The Morgan fingerprint density at radius 3 is 2.46 bits per heavy atom. The largest absolute Gasteiger partial charge is 0.507 e. The van der Waals surface area contributed by atoms with E-state index in [1.807, 2.05) is 79.0 Å². The number of amides is 1. The molecule has 1 aromatic heterocycles. The van der Waals surface area contributed by atoms with Crippen molar-refractivity contribution in [3.05, 3.63) is 102 Å². The predicted octanol–water partition coefficient (Wildman–Crippen LogP) is 4.93. The Labute approximate surface area is 212 Å². The van der Waals surface area contributed by atoms with E-state index in [-0.39, 0.29) is 11.3 Å². The summed E-state index contributed by atoms with van der Waals surface area (Å²) in [6, 6.07) is 26.1. The lowest BCUT2D eigenvalue weighted by Crippen LogP contribution is -2.17. The van der Waals surface area contributed by atoms with Crippen LogP contribution in [0.25, 0.3) is 27.7 Å². The molecule has 2 heterocycles. The van der Waals surface area contributed by atoms with Crippen LogP contribution in [-0.2, 0) is 0 Å². The fraction of sp³-hybridized carbons (Fsp3) is 0.0690. The number of nitrogens with one attached hydrogen (secondary N) is 1. The maximum atomic E-state index is 12.8. The summed E-state index contributed by atoms with van der Waals surface area (Å²) < 4.78 is 13.1. The molecule has 0 radical (unpaired) electrons. The monoisotopic (exact) mass is 490 g/mol. The van der Waals surface area contributed by atoms with Crippen molar-refractivity contribution in [2.24, 2.45) is 5.10 Å². The average molecular weight is 491 g/mol. The minimum Gasteiger partial charge on any atom is -0.507 e. The van der Waals surface area contributed by atoms with Crippen LogP contribution in [0.1, 0.15) is 15.9 Å². The molecule has 6 rings (SSSR count). The lowest BCUT2D eigenvalue weighted by Gasteiger charge is -2.18. The number of hydrogen-bond acceptors (Lipinski definition) is 6. The molecule has 0 fully saturated rings. The van der Waals surface area contributed by atoms with Gasteiger partial charge in [-0.3, -0.25) is 4.79 Å². The number of benzene rings is 4. The zero-order valence-corrected chi connectivity index (χ0v) is 19.7. The molecule has 1 aliphatic rings. The van der Waals surface area contributed by atoms with E-state index in [1.165, 1.54) is 6.21 Å². The van der Waals surface area contributed by atoms with Crippen LogP contribution in [-0.4, -0.2) is 40.2 Å². The van der Waals surface area contributed by atoms with Crippen molar-refractivity contribution >= 4 is 22.9 Å². The third-order valence-corrected chi connectivity index (χ3v) is 6.06. The molecule has 0 saturated carbocycles. The molecule has 2 N–H and O–H groups in total. The van der Waals surface area contributed by atoms with E-state index in [0.717, 1.165) is 22.0 Å². The fourth-order valence-electron chi connectivity index (χ4n) is 4.24. The van der Waals surface area contributed by atoms with Crippen LogP contribution in [0, 0.1) is 0 Å². The molecule has 0 saturated heterocycles. The van der Waals surface area contributed by atoms with E-state index in [2.05, 4.69) is 10.5 Å². The summed E-state index contributed by atoms with van der Waals surface area (Å²) >= 11 is 0. The van der Waals surface area contributed by atoms with Gasteiger partial charge < -0.3 is 14.6 Å². The van der Waals surface area contributed by atoms with E-state index >= 15 is 0 Å². The van der Waals surface area contributed by atoms with Crippen molar-refractivity contribution in [3.63, 3.8) is 0 Å². The number of carbonyl (C=O) groups excluding carboxylic acids is 1. The third-order valence-electron chi connectivity index (χ3n) is 6.06. The number of aromatic hydroxyl groups is 1. The average Bonchev–Trinajstić information content (AvgIpc) is 3.37. The van der Waals surface area contributed by atoms with Gasteiger partial charge >= 0.3 is 0 Å². The van der Waals surface area contributed by atoms with Crippen molar-refractivity contribution in [2.75, 3.05) is 13.2 Å². The number of aromatic nitrogens is 2. The van der Waals surface area contributed by atoms with Gasteiger partial charge in [0, 0.05) is 17.3 Å². The summed E-state index contributed by atoms with van der Waals surface area (Å²) in [6.07, 6.45) is 3.37. The molecule has 0 spiro atoms. The van der Waals surface area contributed by atoms with Crippen LogP contribution < -0.4 is 14.9 Å². The van der Waals surface area contributed by atoms with E-state index in [0.29, 0.717) is 36.0 Å². The van der Waals surface area contributed by atoms with Crippen molar-refractivity contribution in [2.45, 2.75) is 0 Å². The summed E-state index contributed by atoms with van der Waals surface area (Å²) in [5, 5.41) is 21.0. The molecule has 8 heteroatoms. The van der Waals surface area contributed by atoms with E-state index in [9.17, 15) is 9.90 Å². The number of phenolic OH excluding ortho intramolecular Hbond substituents is 1. The number of phenols is 1. The molecule has 8 nitrogen and oxygen atoms in total. The Morgan fingerprint density at radius 2 is 1.65 bits per heavy atom. The molecule has 0 aliphatic carbocycles. The number of para-hydroxylation sites is 1. The molecular weight excluding hydrogens is 468 g/mol. The molecule has 1 aliphatic heterocycles. The highest BCUT2D eigenvalue weighted by Crippen LogP contribution is 2.35. The molecule has 37 heavy (non-hydrogen) atoms. The highest BCUT2D eigenvalue weighted by atomic mass is 16.6. The number of hydrazone groups is 1. The summed E-state index contributed by atoms with van der Waals surface area (Å²) in [5.74, 6) is 0.715. The Balaban J connectivity index is 1.32. The Hall–Kier alpha value is -5.11. The van der Waals surface area contributed by atoms with Gasteiger partial charge in [0.05, 0.1) is 17.5 Å². The third kappa shape index (κ3) is 4.48. The number of rotatable bonds is 5. The quantitative estimate of drug-likeness (QED) is 0.269. The number of ether oxygens (including phenoxy) is 2. The lowest BCUT2D eigenvalue weighted by molar-refractivity contribution is 0.0952. The second-order valence-corrected chi connectivity index (χ2v) is 8.49. The molecule has 0 bridgehead atoms. The number of nitrogens with zero attached hydrogens (tertiary/aromatic N) is 3. The molecule has 0 unspecified atom stereocenters. The van der Waals surface area contributed by atoms with Crippen LogP contribution >= 0.6 is 0 Å². The Morgan fingerprint density at radius 1 is 0.919 bits per heavy atom. The van der Waals surface area contributed by atoms with Crippen molar-refractivity contribution in [1.29, 1.82) is 0 Å². The normalized spacial score (nSPS) is 12.6. The van der Waals surface area contributed by atoms with Gasteiger partial charge in [-0.25, -0.2) is 10.1 Å². The molecule has 5 aromatic rings. The molecule has 182 valence electrons. The smallest absolute Gasteiger partial charge is 0.275 e. The molecular formula is C29H22N4O4. The van der Waals surface area contributed by atoms with Crippen molar-refractivity contribution in [1.82, 2.24) is 15.2 Å². The van der Waals surface area contributed by atoms with Gasteiger partial charge in [0.2, 0.25) is 0 Å². The first-order valence-electron chi connectivity index (χ1n) is 11.8. The maximum Gasteiger partial charge on any atom is 0.275 e. The lowest BCUT2D eigenvalue weighted by atomic mass is 10.1. The van der Waals surface area contributed by atoms with Gasteiger partial charge in [0.25, 0.3) is 5.91 Å². The van der Waals surface area contributed by atoms with E-state index in [1.54, 1.807) is 16.8 Å². The topological polar surface area (TPSA) is 98.0 Å². The molecule has 1 amide bonds. The van der Waals surface area contributed by atoms with Gasteiger partial charge in [0.1, 0.15) is 24.7 Å².